The second-order valence-corrected chi connectivity index (χ2v) is 5.41. The fourth-order valence-corrected chi connectivity index (χ4v) is 2.94. The van der Waals surface area contributed by atoms with E-state index in [4.69, 9.17) is 5.73 Å². The number of rotatable bonds is 1. The lowest BCUT2D eigenvalue weighted by Crippen LogP contribution is -2.33. The highest BCUT2D eigenvalue weighted by Gasteiger charge is 2.35. The summed E-state index contributed by atoms with van der Waals surface area (Å²) in [5.74, 6) is 0.162. The van der Waals surface area contributed by atoms with Crippen molar-refractivity contribution in [2.45, 2.75) is 38.1 Å². The molecule has 16 heavy (non-hydrogen) atoms. The summed E-state index contributed by atoms with van der Waals surface area (Å²) in [6.07, 6.45) is 3.95. The van der Waals surface area contributed by atoms with Gasteiger partial charge in [0.2, 0.25) is 0 Å². The van der Waals surface area contributed by atoms with E-state index in [-0.39, 0.29) is 11.5 Å². The molecule has 3 nitrogen and oxygen atoms in total. The Kier molecular flexibility index (Phi) is 2.88. The van der Waals surface area contributed by atoms with Crippen molar-refractivity contribution in [3.05, 3.63) is 21.7 Å². The summed E-state index contributed by atoms with van der Waals surface area (Å²) in [7, 11) is 0. The SMILES string of the molecule is Cc1cc(C2(N)CCCC2)c(O)c(Br)c1O. The lowest BCUT2D eigenvalue weighted by molar-refractivity contribution is 0.398. The van der Waals surface area contributed by atoms with E-state index in [0.29, 0.717) is 4.47 Å². The molecule has 4 N–H and O–H groups in total. The van der Waals surface area contributed by atoms with E-state index >= 15 is 0 Å². The van der Waals surface area contributed by atoms with Crippen LogP contribution in [-0.2, 0) is 5.54 Å². The lowest BCUT2D eigenvalue weighted by atomic mass is 9.87. The summed E-state index contributed by atoms with van der Waals surface area (Å²) in [4.78, 5) is 0. The average molecular weight is 286 g/mol. The first-order chi connectivity index (χ1) is 7.46. The molecule has 0 aromatic heterocycles. The van der Waals surface area contributed by atoms with Crippen molar-refractivity contribution in [2.24, 2.45) is 5.73 Å². The number of benzene rings is 1. The molecule has 1 aromatic rings. The predicted octanol–water partition coefficient (Wildman–Crippen LogP) is 2.90. The number of phenolic OH excluding ortho intramolecular Hbond substituents is 2. The number of nitrogens with two attached hydrogens (primary N) is 1. The molecule has 1 fully saturated rings. The van der Waals surface area contributed by atoms with Crippen LogP contribution in [0, 0.1) is 6.92 Å². The van der Waals surface area contributed by atoms with E-state index < -0.39 is 5.54 Å². The summed E-state index contributed by atoms with van der Waals surface area (Å²) >= 11 is 3.20. The second kappa shape index (κ2) is 3.93. The molecule has 0 radical (unpaired) electrons. The van der Waals surface area contributed by atoms with Gasteiger partial charge in [-0.2, -0.15) is 0 Å². The van der Waals surface area contributed by atoms with Gasteiger partial charge in [0.1, 0.15) is 16.0 Å². The first kappa shape index (κ1) is 11.7. The van der Waals surface area contributed by atoms with Gasteiger partial charge in [0.15, 0.2) is 0 Å². The minimum atomic E-state index is -0.439. The highest BCUT2D eigenvalue weighted by atomic mass is 79.9. The van der Waals surface area contributed by atoms with Gasteiger partial charge in [0.05, 0.1) is 0 Å². The van der Waals surface area contributed by atoms with Crippen molar-refractivity contribution in [2.75, 3.05) is 0 Å². The molecule has 0 spiro atoms. The van der Waals surface area contributed by atoms with Crippen LogP contribution < -0.4 is 5.73 Å². The molecular formula is C12H16BrNO2. The van der Waals surface area contributed by atoms with Gasteiger partial charge in [-0.3, -0.25) is 0 Å². The normalized spacial score (nSPS) is 18.9. The maximum Gasteiger partial charge on any atom is 0.138 e. The minimum Gasteiger partial charge on any atom is -0.506 e. The van der Waals surface area contributed by atoms with Gasteiger partial charge in [-0.05, 0) is 47.3 Å². The number of aromatic hydroxyl groups is 2. The standard InChI is InChI=1S/C12H16BrNO2/c1-7-6-8(11(16)9(13)10(7)15)12(14)4-2-3-5-12/h6,15-16H,2-5,14H2,1H3. The Morgan fingerprint density at radius 2 is 1.81 bits per heavy atom. The minimum absolute atomic E-state index is 0.0764. The quantitative estimate of drug-likeness (QED) is 0.743. The zero-order valence-electron chi connectivity index (χ0n) is 9.26. The molecule has 0 atom stereocenters. The maximum atomic E-state index is 10.0. The number of hydrogen-bond acceptors (Lipinski definition) is 3. The van der Waals surface area contributed by atoms with Crippen LogP contribution in [0.4, 0.5) is 0 Å². The summed E-state index contributed by atoms with van der Waals surface area (Å²) in [5, 5.41) is 19.7. The summed E-state index contributed by atoms with van der Waals surface area (Å²) < 4.78 is 0.347. The van der Waals surface area contributed by atoms with E-state index in [0.717, 1.165) is 36.8 Å². The third-order valence-electron chi connectivity index (χ3n) is 3.44. The summed E-state index contributed by atoms with van der Waals surface area (Å²) in [5.41, 5.74) is 7.34. The smallest absolute Gasteiger partial charge is 0.138 e. The van der Waals surface area contributed by atoms with E-state index in [9.17, 15) is 10.2 Å². The van der Waals surface area contributed by atoms with Crippen LogP contribution in [0.15, 0.2) is 10.5 Å². The number of aryl methyl sites for hydroxylation is 1. The van der Waals surface area contributed by atoms with Gasteiger partial charge in [-0.15, -0.1) is 0 Å². The molecule has 0 amide bonds. The molecule has 0 aliphatic heterocycles. The number of phenols is 2. The first-order valence-corrected chi connectivity index (χ1v) is 6.25. The molecule has 1 aliphatic carbocycles. The predicted molar refractivity (Wildman–Crippen MR) is 66.5 cm³/mol. The zero-order chi connectivity index (χ0) is 11.9. The van der Waals surface area contributed by atoms with E-state index in [1.165, 1.54) is 0 Å². The lowest BCUT2D eigenvalue weighted by Gasteiger charge is -2.26. The molecule has 4 heteroatoms. The Hall–Kier alpha value is -0.740. The van der Waals surface area contributed by atoms with Gasteiger partial charge in [-0.25, -0.2) is 0 Å². The van der Waals surface area contributed by atoms with Crippen LogP contribution >= 0.6 is 15.9 Å². The van der Waals surface area contributed by atoms with Crippen LogP contribution in [-0.4, -0.2) is 10.2 Å². The summed E-state index contributed by atoms with van der Waals surface area (Å²) in [6.45, 7) is 1.81. The number of halogens is 1. The molecular weight excluding hydrogens is 270 g/mol. The highest BCUT2D eigenvalue weighted by Crippen LogP contribution is 2.46. The Bertz CT molecular complexity index is 426. The maximum absolute atomic E-state index is 10.0. The van der Waals surface area contributed by atoms with Crippen molar-refractivity contribution in [1.29, 1.82) is 0 Å². The zero-order valence-corrected chi connectivity index (χ0v) is 10.8. The van der Waals surface area contributed by atoms with Gasteiger partial charge in [0.25, 0.3) is 0 Å². The largest absolute Gasteiger partial charge is 0.506 e. The number of hydrogen-bond donors (Lipinski definition) is 3. The van der Waals surface area contributed by atoms with Crippen LogP contribution in [0.1, 0.15) is 36.8 Å². The molecule has 88 valence electrons. The Labute approximate surface area is 103 Å². The fourth-order valence-electron chi connectivity index (χ4n) is 2.41. The van der Waals surface area contributed by atoms with Gasteiger partial charge < -0.3 is 15.9 Å². The van der Waals surface area contributed by atoms with Gasteiger partial charge >= 0.3 is 0 Å². The molecule has 0 heterocycles. The van der Waals surface area contributed by atoms with Crippen molar-refractivity contribution in [1.82, 2.24) is 0 Å². The highest BCUT2D eigenvalue weighted by molar-refractivity contribution is 9.10. The summed E-state index contributed by atoms with van der Waals surface area (Å²) in [6, 6.07) is 1.79. The third kappa shape index (κ3) is 1.70. The molecule has 0 saturated heterocycles. The van der Waals surface area contributed by atoms with E-state index in [1.807, 2.05) is 0 Å². The van der Waals surface area contributed by atoms with Gasteiger partial charge in [0, 0.05) is 11.1 Å². The van der Waals surface area contributed by atoms with Crippen molar-refractivity contribution < 1.29 is 10.2 Å². The van der Waals surface area contributed by atoms with Crippen molar-refractivity contribution in [3.8, 4) is 11.5 Å². The average Bonchev–Trinajstić information content (AvgIpc) is 2.68. The molecule has 1 aliphatic rings. The van der Waals surface area contributed by atoms with E-state index in [1.54, 1.807) is 13.0 Å². The third-order valence-corrected chi connectivity index (χ3v) is 4.19. The van der Waals surface area contributed by atoms with Crippen molar-refractivity contribution >= 4 is 15.9 Å². The molecule has 0 bridgehead atoms. The molecule has 0 unspecified atom stereocenters. The monoisotopic (exact) mass is 285 g/mol. The van der Waals surface area contributed by atoms with Crippen LogP contribution in [0.2, 0.25) is 0 Å². The van der Waals surface area contributed by atoms with Crippen LogP contribution in [0.3, 0.4) is 0 Å². The van der Waals surface area contributed by atoms with Crippen LogP contribution in [0.5, 0.6) is 11.5 Å². The molecule has 1 saturated carbocycles. The molecule has 1 aromatic carbocycles. The first-order valence-electron chi connectivity index (χ1n) is 5.46. The van der Waals surface area contributed by atoms with Crippen LogP contribution in [0.25, 0.3) is 0 Å². The Balaban J connectivity index is 2.57. The molecule has 2 rings (SSSR count). The second-order valence-electron chi connectivity index (χ2n) is 4.62. The van der Waals surface area contributed by atoms with Crippen molar-refractivity contribution in [3.63, 3.8) is 0 Å². The van der Waals surface area contributed by atoms with Gasteiger partial charge in [-0.1, -0.05) is 12.8 Å². The van der Waals surface area contributed by atoms with E-state index in [2.05, 4.69) is 15.9 Å². The fraction of sp³-hybridized carbons (Fsp3) is 0.500. The Morgan fingerprint density at radius 1 is 1.25 bits per heavy atom. The Morgan fingerprint density at radius 3 is 2.38 bits per heavy atom. The topological polar surface area (TPSA) is 66.5 Å².